The molecule has 0 atom stereocenters. The maximum atomic E-state index is 11.9. The van der Waals surface area contributed by atoms with Crippen LogP contribution in [-0.4, -0.2) is 30.8 Å². The highest BCUT2D eigenvalue weighted by Gasteiger charge is 2.29. The number of nitrogens with one attached hydrogen (secondary N) is 1. The Morgan fingerprint density at radius 1 is 1.37 bits per heavy atom. The fourth-order valence-electron chi connectivity index (χ4n) is 1.51. The highest BCUT2D eigenvalue weighted by atomic mass is 32.2. The maximum Gasteiger partial charge on any atom is 0.212 e. The first-order chi connectivity index (χ1) is 8.77. The summed E-state index contributed by atoms with van der Waals surface area (Å²) in [6.07, 6.45) is 0.405. The van der Waals surface area contributed by atoms with E-state index in [1.807, 2.05) is 30.3 Å². The van der Waals surface area contributed by atoms with Crippen molar-refractivity contribution < 1.29 is 13.6 Å². The number of oxime groups is 1. The van der Waals surface area contributed by atoms with Gasteiger partial charge in [0.05, 0.1) is 11.3 Å². The van der Waals surface area contributed by atoms with Gasteiger partial charge < -0.3 is 10.9 Å². The molecule has 0 aromatic heterocycles. The predicted octanol–water partition coefficient (Wildman–Crippen LogP) is 0.673. The molecule has 19 heavy (non-hydrogen) atoms. The Morgan fingerprint density at radius 3 is 2.47 bits per heavy atom. The molecule has 0 aliphatic carbocycles. The van der Waals surface area contributed by atoms with Gasteiger partial charge >= 0.3 is 0 Å². The lowest BCUT2D eigenvalue weighted by Crippen LogP contribution is -2.53. The van der Waals surface area contributed by atoms with Gasteiger partial charge in [0, 0.05) is 0 Å². The summed E-state index contributed by atoms with van der Waals surface area (Å²) in [5, 5.41) is 11.4. The normalized spacial score (nSPS) is 13.5. The van der Waals surface area contributed by atoms with Crippen LogP contribution < -0.4 is 10.5 Å². The molecule has 1 aromatic carbocycles. The van der Waals surface area contributed by atoms with E-state index in [1.54, 1.807) is 0 Å². The van der Waals surface area contributed by atoms with E-state index in [0.717, 1.165) is 5.56 Å². The fourth-order valence-corrected chi connectivity index (χ4v) is 3.00. The fraction of sp³-hybridized carbons (Fsp3) is 0.417. The SMILES string of the molecule is CC(C)(NS(=O)(=O)CCc1ccccc1)/C(N)=N/O. The number of sulfonamides is 1. The molecule has 0 aliphatic rings. The summed E-state index contributed by atoms with van der Waals surface area (Å²) in [6, 6.07) is 9.32. The Bertz CT molecular complexity index is 539. The number of aryl methyl sites for hydroxylation is 1. The number of nitrogens with zero attached hydrogens (tertiary/aromatic N) is 1. The van der Waals surface area contributed by atoms with Crippen molar-refractivity contribution in [1.82, 2.24) is 4.72 Å². The van der Waals surface area contributed by atoms with Crippen LogP contribution in [0.15, 0.2) is 35.5 Å². The quantitative estimate of drug-likeness (QED) is 0.309. The second-order valence-electron chi connectivity index (χ2n) is 4.77. The van der Waals surface area contributed by atoms with Crippen LogP contribution in [0.4, 0.5) is 0 Å². The molecule has 0 amide bonds. The number of hydrogen-bond donors (Lipinski definition) is 3. The molecule has 106 valence electrons. The third-order valence-electron chi connectivity index (χ3n) is 2.66. The number of hydrogen-bond acceptors (Lipinski definition) is 4. The van der Waals surface area contributed by atoms with Gasteiger partial charge in [-0.3, -0.25) is 0 Å². The Morgan fingerprint density at radius 2 is 1.95 bits per heavy atom. The lowest BCUT2D eigenvalue weighted by atomic mass is 10.1. The van der Waals surface area contributed by atoms with Crippen LogP contribution in [0.2, 0.25) is 0 Å². The van der Waals surface area contributed by atoms with Gasteiger partial charge in [0.2, 0.25) is 10.0 Å². The summed E-state index contributed by atoms with van der Waals surface area (Å²) in [4.78, 5) is 0. The van der Waals surface area contributed by atoms with Crippen LogP contribution in [0.3, 0.4) is 0 Å². The molecule has 0 spiro atoms. The molecule has 0 saturated heterocycles. The largest absolute Gasteiger partial charge is 0.409 e. The first-order valence-corrected chi connectivity index (χ1v) is 7.45. The van der Waals surface area contributed by atoms with Gasteiger partial charge in [0.1, 0.15) is 0 Å². The zero-order valence-electron chi connectivity index (χ0n) is 11.0. The Labute approximate surface area is 113 Å². The molecule has 0 unspecified atom stereocenters. The minimum atomic E-state index is -3.51. The molecule has 4 N–H and O–H groups in total. The van der Waals surface area contributed by atoms with Gasteiger partial charge in [-0.15, -0.1) is 0 Å². The minimum Gasteiger partial charge on any atom is -0.409 e. The van der Waals surface area contributed by atoms with Crippen molar-refractivity contribution in [2.24, 2.45) is 10.9 Å². The van der Waals surface area contributed by atoms with Crippen molar-refractivity contribution in [2.75, 3.05) is 5.75 Å². The van der Waals surface area contributed by atoms with Gasteiger partial charge in [-0.25, -0.2) is 13.1 Å². The van der Waals surface area contributed by atoms with E-state index in [-0.39, 0.29) is 11.6 Å². The molecule has 0 saturated carbocycles. The van der Waals surface area contributed by atoms with Crippen molar-refractivity contribution in [3.8, 4) is 0 Å². The zero-order chi connectivity index (χ0) is 14.5. The molecule has 0 fully saturated rings. The average Bonchev–Trinajstić information content (AvgIpc) is 2.35. The van der Waals surface area contributed by atoms with Gasteiger partial charge in [-0.1, -0.05) is 35.5 Å². The summed E-state index contributed by atoms with van der Waals surface area (Å²) in [5.74, 6) is -0.241. The van der Waals surface area contributed by atoms with E-state index in [1.165, 1.54) is 13.8 Å². The third-order valence-corrected chi connectivity index (χ3v) is 4.22. The number of benzene rings is 1. The van der Waals surface area contributed by atoms with Gasteiger partial charge in [-0.2, -0.15) is 0 Å². The Kier molecular flexibility index (Phi) is 4.90. The monoisotopic (exact) mass is 285 g/mol. The first kappa shape index (κ1) is 15.5. The summed E-state index contributed by atoms with van der Waals surface area (Å²) >= 11 is 0. The number of rotatable bonds is 6. The van der Waals surface area contributed by atoms with Crippen LogP contribution in [0.1, 0.15) is 19.4 Å². The molecule has 1 rings (SSSR count). The summed E-state index contributed by atoms with van der Waals surface area (Å²) < 4.78 is 26.3. The van der Waals surface area contributed by atoms with Crippen molar-refractivity contribution in [3.05, 3.63) is 35.9 Å². The standard InChI is InChI=1S/C12H19N3O3S/c1-12(2,11(13)14-16)15-19(17,18)9-8-10-6-4-3-5-7-10/h3-7,15-16H,8-9H2,1-2H3,(H2,13,14). The van der Waals surface area contributed by atoms with Crippen LogP contribution >= 0.6 is 0 Å². The van der Waals surface area contributed by atoms with Crippen molar-refractivity contribution >= 4 is 15.9 Å². The minimum absolute atomic E-state index is 0.0564. The van der Waals surface area contributed by atoms with E-state index in [2.05, 4.69) is 9.88 Å². The van der Waals surface area contributed by atoms with Crippen molar-refractivity contribution in [3.63, 3.8) is 0 Å². The molecule has 6 nitrogen and oxygen atoms in total. The number of nitrogens with two attached hydrogens (primary N) is 1. The van der Waals surface area contributed by atoms with Crippen LogP contribution in [0, 0.1) is 0 Å². The zero-order valence-corrected chi connectivity index (χ0v) is 11.8. The first-order valence-electron chi connectivity index (χ1n) is 5.80. The lowest BCUT2D eigenvalue weighted by Gasteiger charge is -2.24. The molecular formula is C12H19N3O3S. The summed E-state index contributed by atoms with van der Waals surface area (Å²) in [7, 11) is -3.51. The second-order valence-corrected chi connectivity index (χ2v) is 6.61. The van der Waals surface area contributed by atoms with E-state index in [9.17, 15) is 8.42 Å². The predicted molar refractivity (Wildman–Crippen MR) is 74.6 cm³/mol. The average molecular weight is 285 g/mol. The second kappa shape index (κ2) is 6.03. The topological polar surface area (TPSA) is 105 Å². The summed E-state index contributed by atoms with van der Waals surface area (Å²) in [5.41, 5.74) is 5.26. The van der Waals surface area contributed by atoms with Crippen molar-refractivity contribution in [1.29, 1.82) is 0 Å². The van der Waals surface area contributed by atoms with Crippen LogP contribution in [-0.2, 0) is 16.4 Å². The molecular weight excluding hydrogens is 266 g/mol. The van der Waals surface area contributed by atoms with Crippen molar-refractivity contribution in [2.45, 2.75) is 25.8 Å². The lowest BCUT2D eigenvalue weighted by molar-refractivity contribution is 0.312. The third kappa shape index (κ3) is 4.88. The maximum absolute atomic E-state index is 11.9. The highest BCUT2D eigenvalue weighted by Crippen LogP contribution is 2.07. The molecule has 7 heteroatoms. The molecule has 0 bridgehead atoms. The smallest absolute Gasteiger partial charge is 0.212 e. The number of amidine groups is 1. The van der Waals surface area contributed by atoms with E-state index in [4.69, 9.17) is 10.9 Å². The summed E-state index contributed by atoms with van der Waals surface area (Å²) in [6.45, 7) is 3.06. The Hall–Kier alpha value is -1.60. The molecule has 0 radical (unpaired) electrons. The van der Waals surface area contributed by atoms with E-state index in [0.29, 0.717) is 6.42 Å². The van der Waals surface area contributed by atoms with Gasteiger partial charge in [0.15, 0.2) is 5.84 Å². The van der Waals surface area contributed by atoms with E-state index >= 15 is 0 Å². The van der Waals surface area contributed by atoms with Gasteiger partial charge in [0.25, 0.3) is 0 Å². The molecule has 0 heterocycles. The van der Waals surface area contributed by atoms with Gasteiger partial charge in [-0.05, 0) is 25.8 Å². The Balaban J connectivity index is 2.68. The highest BCUT2D eigenvalue weighted by molar-refractivity contribution is 7.89. The van der Waals surface area contributed by atoms with Crippen LogP contribution in [0.5, 0.6) is 0 Å². The molecule has 1 aromatic rings. The van der Waals surface area contributed by atoms with Crippen LogP contribution in [0.25, 0.3) is 0 Å². The molecule has 0 aliphatic heterocycles. The van der Waals surface area contributed by atoms with E-state index < -0.39 is 15.6 Å².